The molecule has 0 aliphatic carbocycles. The summed E-state index contributed by atoms with van der Waals surface area (Å²) in [6.45, 7) is -1.45. The molecule has 13 aromatic rings. The molecular formula is C76H72IrN4OSi-2. The summed E-state index contributed by atoms with van der Waals surface area (Å²) in [5.41, 5.74) is 9.69. The van der Waals surface area contributed by atoms with Crippen molar-refractivity contribution in [2.45, 2.75) is 105 Å². The summed E-state index contributed by atoms with van der Waals surface area (Å²) in [7, 11) is -1.75. The molecule has 0 saturated carbocycles. The van der Waals surface area contributed by atoms with E-state index in [0.29, 0.717) is 5.56 Å². The van der Waals surface area contributed by atoms with Crippen LogP contribution in [0.4, 0.5) is 0 Å². The van der Waals surface area contributed by atoms with Gasteiger partial charge in [-0.05, 0) is 104 Å². The zero-order valence-corrected chi connectivity index (χ0v) is 50.6. The first-order chi connectivity index (χ1) is 46.4. The van der Waals surface area contributed by atoms with E-state index in [1.807, 2.05) is 18.2 Å². The number of aromatic nitrogens is 4. The molecule has 0 aliphatic heterocycles. The number of hydrogen-bond acceptors (Lipinski definition) is 3. The molecule has 10 aromatic carbocycles. The van der Waals surface area contributed by atoms with Gasteiger partial charge in [0, 0.05) is 65.6 Å². The molecule has 0 unspecified atom stereocenters. The third kappa shape index (κ3) is 10.5. The van der Waals surface area contributed by atoms with Crippen molar-refractivity contribution in [3.05, 3.63) is 234 Å². The number of nitrogens with zero attached hydrogens (tertiary/aromatic N) is 4. The first-order valence-corrected chi connectivity index (χ1v) is 31.1. The number of hydrogen-bond donors (Lipinski definition) is 0. The van der Waals surface area contributed by atoms with E-state index in [2.05, 4.69) is 173 Å². The van der Waals surface area contributed by atoms with Crippen LogP contribution in [0.3, 0.4) is 0 Å². The molecule has 7 heteroatoms. The topological polar surface area (TPSA) is 48.8 Å². The largest absolute Gasteiger partial charge is 0.500 e. The minimum Gasteiger partial charge on any atom is -0.500 e. The number of furan rings is 1. The minimum absolute atomic E-state index is 0. The van der Waals surface area contributed by atoms with Gasteiger partial charge in [0.15, 0.2) is 0 Å². The van der Waals surface area contributed by atoms with Crippen molar-refractivity contribution < 1.29 is 47.8 Å². The molecule has 83 heavy (non-hydrogen) atoms. The van der Waals surface area contributed by atoms with E-state index >= 15 is 0 Å². The summed E-state index contributed by atoms with van der Waals surface area (Å²) in [4.78, 5) is 10.0. The Labute approximate surface area is 528 Å². The number of imidazole rings is 2. The number of fused-ring (bicyclic) bond motifs is 7. The first-order valence-electron chi connectivity index (χ1n) is 36.1. The summed E-state index contributed by atoms with van der Waals surface area (Å²) >= 11 is 0. The van der Waals surface area contributed by atoms with Crippen molar-refractivity contribution in [1.82, 2.24) is 19.1 Å². The predicted octanol–water partition coefficient (Wildman–Crippen LogP) is 20.7. The van der Waals surface area contributed by atoms with Gasteiger partial charge in [-0.3, -0.25) is 9.97 Å². The van der Waals surface area contributed by atoms with E-state index in [-0.39, 0.29) is 65.5 Å². The third-order valence-electron chi connectivity index (χ3n) is 15.5. The van der Waals surface area contributed by atoms with Gasteiger partial charge in [-0.2, -0.15) is 0 Å². The summed E-state index contributed by atoms with van der Waals surface area (Å²) in [6, 6.07) is 66.7. The average Bonchev–Trinajstić information content (AvgIpc) is 0.899. The van der Waals surface area contributed by atoms with E-state index in [1.165, 1.54) is 51.5 Å². The van der Waals surface area contributed by atoms with E-state index < -0.39 is 70.9 Å². The second-order valence-corrected chi connectivity index (χ2v) is 27.6. The molecule has 0 N–H and O–H groups in total. The quantitative estimate of drug-likeness (QED) is 0.0958. The van der Waals surface area contributed by atoms with Gasteiger partial charge in [0.05, 0.1) is 47.4 Å². The van der Waals surface area contributed by atoms with Gasteiger partial charge in [-0.15, -0.1) is 47.5 Å². The molecule has 0 bridgehead atoms. The third-order valence-corrected chi connectivity index (χ3v) is 17.5. The van der Waals surface area contributed by atoms with Crippen LogP contribution in [0.5, 0.6) is 0 Å². The molecule has 0 atom stereocenters. The van der Waals surface area contributed by atoms with Crippen molar-refractivity contribution in [1.29, 1.82) is 0 Å². The average molecular weight is 1290 g/mol. The normalized spacial score (nSPS) is 16.0. The monoisotopic (exact) mass is 1290 g/mol. The maximum atomic E-state index is 9.24. The summed E-state index contributed by atoms with van der Waals surface area (Å²) in [5.74, 6) is -5.73. The molecule has 1 radical (unpaired) electrons. The zero-order valence-electron chi connectivity index (χ0n) is 64.2. The van der Waals surface area contributed by atoms with Crippen molar-refractivity contribution >= 4 is 68.0 Å². The van der Waals surface area contributed by atoms with Crippen LogP contribution >= 0.6 is 0 Å². The van der Waals surface area contributed by atoms with Crippen molar-refractivity contribution in [2.75, 3.05) is 0 Å². The molecule has 0 spiro atoms. The second-order valence-electron chi connectivity index (χ2n) is 22.5. The van der Waals surface area contributed by atoms with Crippen LogP contribution < -0.4 is 5.19 Å². The smallest absolute Gasteiger partial charge is 0.128 e. The van der Waals surface area contributed by atoms with Crippen LogP contribution in [0.15, 0.2) is 199 Å². The van der Waals surface area contributed by atoms with Gasteiger partial charge in [0.1, 0.15) is 5.58 Å². The van der Waals surface area contributed by atoms with E-state index in [9.17, 15) is 2.74 Å². The number of rotatable bonds is 11. The molecule has 3 heterocycles. The van der Waals surface area contributed by atoms with Crippen molar-refractivity contribution in [2.24, 2.45) is 0 Å². The summed E-state index contributed by atoms with van der Waals surface area (Å²) < 4.78 is 154. The number of benzene rings is 10. The Morgan fingerprint density at radius 1 is 0.518 bits per heavy atom. The van der Waals surface area contributed by atoms with Crippen LogP contribution in [0.1, 0.15) is 130 Å². The van der Waals surface area contributed by atoms with Gasteiger partial charge in [-0.25, -0.2) is 0 Å². The Kier molecular flexibility index (Phi) is 11.0. The van der Waals surface area contributed by atoms with Gasteiger partial charge in [0.2, 0.25) is 0 Å². The fourth-order valence-electron chi connectivity index (χ4n) is 11.3. The SMILES string of the molecule is CC(C)c1cc(-c2ccccc2)cc(C(C)C)c1-n1c(-c2[c-]ccc3c2oc2c4ccccc4ccc32)nc2ccccc21.[2H]C([2H])([2H])c1c[c-]c(-c2nc3ccccc3n2-c2c(C([2H])(C([2H])([2H])[2H])C([2H])([2H])[2H])cccc2C([2H])(C([2H])([2H])[2H])C([2H])([2H])[2H])cc1-c1ccc([Si](C)(C)C)cc1.[Ir]. The number of para-hydroxylation sites is 5. The van der Waals surface area contributed by atoms with Crippen LogP contribution in [0.25, 0.3) is 111 Å². The maximum absolute atomic E-state index is 9.24. The van der Waals surface area contributed by atoms with Gasteiger partial charge >= 0.3 is 0 Å². The molecule has 417 valence electrons. The van der Waals surface area contributed by atoms with Gasteiger partial charge < -0.3 is 13.6 Å². The zero-order chi connectivity index (χ0) is 71.5. The van der Waals surface area contributed by atoms with Crippen molar-refractivity contribution in [3.63, 3.8) is 0 Å². The second kappa shape index (κ2) is 23.0. The standard InChI is InChI=1S/C41H33N2O.C35H39N2Si.Ir/c1-25(2)34-23-29(27-13-6-5-7-14-27)24-35(26(3)4)38(34)43-37-20-11-10-19-36(37)42-41(43)33-18-12-17-31-32-22-21-28-15-8-9-16-30(28)39(32)44-40(31)33;1-23(2)29-12-11-13-30(24(3)4)34(29)37-33-15-10-9-14-32(33)36-35(37)27-17-16-25(5)31(22-27)26-18-20-28(21-19-26)38(6,7)8;/h5-17,19-26H,1-4H3;9-16,18-24H,1-8H3;/q2*-1;/i;1D3,2D3,3D3,4D3,5D3,23D,24D;. The minimum atomic E-state index is -3.62. The Morgan fingerprint density at radius 3 is 1.72 bits per heavy atom. The van der Waals surface area contributed by atoms with Gasteiger partial charge in [-0.1, -0.05) is 237 Å². The van der Waals surface area contributed by atoms with E-state index in [0.717, 1.165) is 77.7 Å². The predicted molar refractivity (Wildman–Crippen MR) is 350 cm³/mol. The Morgan fingerprint density at radius 2 is 1.10 bits per heavy atom. The molecule has 0 fully saturated rings. The molecule has 13 rings (SSSR count). The molecule has 0 saturated heterocycles. The fourth-order valence-corrected chi connectivity index (χ4v) is 12.5. The van der Waals surface area contributed by atoms with Crippen LogP contribution in [-0.4, -0.2) is 27.2 Å². The maximum Gasteiger partial charge on any atom is 0.128 e. The fraction of sp³-hybridized carbons (Fsp3) is 0.211. The molecule has 5 nitrogen and oxygen atoms in total. The van der Waals surface area contributed by atoms with E-state index in [1.54, 1.807) is 30.3 Å². The summed E-state index contributed by atoms with van der Waals surface area (Å²) in [6.07, 6.45) is 0. The molecular weight excluding hydrogens is 1210 g/mol. The van der Waals surface area contributed by atoms with E-state index in [4.69, 9.17) is 34.9 Å². The van der Waals surface area contributed by atoms with Gasteiger partial charge in [0.25, 0.3) is 0 Å². The molecule has 0 aliphatic rings. The Bertz CT molecular complexity index is 5120. The van der Waals surface area contributed by atoms with Crippen molar-refractivity contribution in [3.8, 4) is 56.4 Å². The van der Waals surface area contributed by atoms with Crippen LogP contribution in [0, 0.1) is 19.0 Å². The Hall–Kier alpha value is -7.93. The number of aryl methyl sites for hydroxylation is 1. The van der Waals surface area contributed by atoms with Crippen LogP contribution in [0.2, 0.25) is 19.6 Å². The molecule has 0 amide bonds. The summed E-state index contributed by atoms with van der Waals surface area (Å²) in [5, 5.41) is 5.57. The molecule has 3 aromatic heterocycles. The van der Waals surface area contributed by atoms with Crippen LogP contribution in [-0.2, 0) is 20.1 Å². The first kappa shape index (κ1) is 39.5. The Balaban J connectivity index is 0.000000204.